The molecule has 4 nitrogen and oxygen atoms in total. The maximum absolute atomic E-state index is 12.7. The van der Waals surface area contributed by atoms with Crippen LogP contribution in [0.2, 0.25) is 0 Å². The van der Waals surface area contributed by atoms with Gasteiger partial charge in [0.1, 0.15) is 0 Å². The summed E-state index contributed by atoms with van der Waals surface area (Å²) in [4.78, 5) is 11.7. The van der Waals surface area contributed by atoms with E-state index in [9.17, 15) is 23.1 Å². The molecule has 1 aromatic rings. The van der Waals surface area contributed by atoms with Gasteiger partial charge in [0.25, 0.3) is 5.91 Å². The summed E-state index contributed by atoms with van der Waals surface area (Å²) in [6.07, 6.45) is -5.47. The van der Waals surface area contributed by atoms with Crippen molar-refractivity contribution in [3.05, 3.63) is 33.8 Å². The summed E-state index contributed by atoms with van der Waals surface area (Å²) in [6.45, 7) is -0.0848. The molecular formula is C12H13BrF3NO3. The highest BCUT2D eigenvalue weighted by atomic mass is 79.9. The molecule has 0 bridgehead atoms. The second kappa shape index (κ2) is 7.05. The van der Waals surface area contributed by atoms with Crippen molar-refractivity contribution in [1.29, 1.82) is 0 Å². The molecule has 0 saturated heterocycles. The number of carbonyl (C=O) groups excluding carboxylic acids is 1. The van der Waals surface area contributed by atoms with E-state index in [2.05, 4.69) is 26.0 Å². The number of methoxy groups -OCH3 is 1. The summed E-state index contributed by atoms with van der Waals surface area (Å²) in [5.41, 5.74) is -1.06. The Bertz CT molecular complexity index is 480. The molecule has 0 aromatic heterocycles. The number of nitrogens with one attached hydrogen (secondary N) is 1. The molecule has 0 aliphatic heterocycles. The quantitative estimate of drug-likeness (QED) is 0.851. The van der Waals surface area contributed by atoms with Gasteiger partial charge in [0.05, 0.1) is 18.3 Å². The lowest BCUT2D eigenvalue weighted by Gasteiger charge is -2.13. The van der Waals surface area contributed by atoms with Crippen LogP contribution in [0.5, 0.6) is 0 Å². The van der Waals surface area contributed by atoms with Gasteiger partial charge in [-0.3, -0.25) is 4.79 Å². The van der Waals surface area contributed by atoms with Crippen LogP contribution in [-0.2, 0) is 10.9 Å². The third-order valence-electron chi connectivity index (χ3n) is 2.39. The number of aliphatic hydroxyl groups excluding tert-OH is 1. The Morgan fingerprint density at radius 2 is 2.15 bits per heavy atom. The van der Waals surface area contributed by atoms with Crippen LogP contribution in [-0.4, -0.2) is 37.4 Å². The molecule has 112 valence electrons. The molecule has 0 spiro atoms. The fraction of sp³-hybridized carbons (Fsp3) is 0.417. The predicted molar refractivity (Wildman–Crippen MR) is 69.4 cm³/mol. The topological polar surface area (TPSA) is 58.6 Å². The molecule has 20 heavy (non-hydrogen) atoms. The Morgan fingerprint density at radius 3 is 2.70 bits per heavy atom. The van der Waals surface area contributed by atoms with Crippen molar-refractivity contribution in [1.82, 2.24) is 5.32 Å². The fourth-order valence-electron chi connectivity index (χ4n) is 1.45. The fourth-order valence-corrected chi connectivity index (χ4v) is 1.92. The molecular weight excluding hydrogens is 343 g/mol. The number of carbonyl (C=O) groups is 1. The lowest BCUT2D eigenvalue weighted by molar-refractivity contribution is -0.138. The summed E-state index contributed by atoms with van der Waals surface area (Å²) in [6, 6.07) is 3.17. The molecule has 0 heterocycles. The van der Waals surface area contributed by atoms with Crippen LogP contribution in [0.3, 0.4) is 0 Å². The summed E-state index contributed by atoms with van der Waals surface area (Å²) >= 11 is 2.79. The third kappa shape index (κ3) is 4.77. The van der Waals surface area contributed by atoms with E-state index in [1.165, 1.54) is 13.2 Å². The maximum atomic E-state index is 12.7. The van der Waals surface area contributed by atoms with Crippen LogP contribution in [0.4, 0.5) is 13.2 Å². The number of hydrogen-bond donors (Lipinski definition) is 2. The number of hydrogen-bond acceptors (Lipinski definition) is 3. The second-order valence-corrected chi connectivity index (χ2v) is 4.87. The zero-order valence-electron chi connectivity index (χ0n) is 10.5. The Kier molecular flexibility index (Phi) is 5.97. The Balaban J connectivity index is 2.79. The van der Waals surface area contributed by atoms with Crippen molar-refractivity contribution >= 4 is 21.8 Å². The van der Waals surface area contributed by atoms with Crippen molar-refractivity contribution in [2.45, 2.75) is 12.3 Å². The van der Waals surface area contributed by atoms with E-state index in [4.69, 9.17) is 0 Å². The minimum absolute atomic E-state index is 0.0222. The van der Waals surface area contributed by atoms with Crippen molar-refractivity contribution in [2.24, 2.45) is 0 Å². The van der Waals surface area contributed by atoms with Crippen LogP contribution < -0.4 is 5.32 Å². The molecule has 2 N–H and O–H groups in total. The number of halogens is 4. The van der Waals surface area contributed by atoms with Crippen LogP contribution in [0.25, 0.3) is 0 Å². The first-order chi connectivity index (χ1) is 9.25. The average molecular weight is 356 g/mol. The minimum atomic E-state index is -4.55. The van der Waals surface area contributed by atoms with Gasteiger partial charge in [-0.1, -0.05) is 15.9 Å². The number of rotatable bonds is 5. The Morgan fingerprint density at radius 1 is 1.50 bits per heavy atom. The van der Waals surface area contributed by atoms with E-state index in [-0.39, 0.29) is 23.2 Å². The smallest absolute Gasteiger partial charge is 0.389 e. The van der Waals surface area contributed by atoms with E-state index in [1.54, 1.807) is 0 Å². The molecule has 8 heteroatoms. The predicted octanol–water partition coefficient (Wildman–Crippen LogP) is 2.21. The van der Waals surface area contributed by atoms with Gasteiger partial charge in [-0.25, -0.2) is 0 Å². The SMILES string of the molecule is COCC(O)CNC(=O)c1ccc(Br)c(C(F)(F)F)c1. The first-order valence-corrected chi connectivity index (χ1v) is 6.37. The highest BCUT2D eigenvalue weighted by Gasteiger charge is 2.33. The molecule has 1 rings (SSSR count). The summed E-state index contributed by atoms with van der Waals surface area (Å²) in [5.74, 6) is -0.696. The molecule has 0 fully saturated rings. The summed E-state index contributed by atoms with van der Waals surface area (Å²) < 4.78 is 42.6. The average Bonchev–Trinajstić information content (AvgIpc) is 2.35. The van der Waals surface area contributed by atoms with Gasteiger partial charge < -0.3 is 15.2 Å². The first kappa shape index (κ1) is 16.9. The molecule has 0 radical (unpaired) electrons. The van der Waals surface area contributed by atoms with E-state index in [1.807, 2.05) is 0 Å². The van der Waals surface area contributed by atoms with E-state index >= 15 is 0 Å². The van der Waals surface area contributed by atoms with Gasteiger partial charge in [0, 0.05) is 23.7 Å². The molecule has 1 atom stereocenters. The molecule has 1 aromatic carbocycles. The Labute approximate surface area is 122 Å². The van der Waals surface area contributed by atoms with Crippen LogP contribution >= 0.6 is 15.9 Å². The van der Waals surface area contributed by atoms with E-state index in [0.29, 0.717) is 0 Å². The second-order valence-electron chi connectivity index (χ2n) is 4.01. The zero-order chi connectivity index (χ0) is 15.3. The largest absolute Gasteiger partial charge is 0.417 e. The van der Waals surface area contributed by atoms with E-state index in [0.717, 1.165) is 12.1 Å². The Hall–Kier alpha value is -1.12. The number of aliphatic hydroxyl groups is 1. The number of alkyl halides is 3. The van der Waals surface area contributed by atoms with Gasteiger partial charge >= 0.3 is 6.18 Å². The standard InChI is InChI=1S/C12H13BrF3NO3/c1-20-6-8(18)5-17-11(19)7-2-3-10(13)9(4-7)12(14,15)16/h2-4,8,18H,5-6H2,1H3,(H,17,19). The van der Waals surface area contributed by atoms with Crippen molar-refractivity contribution in [3.63, 3.8) is 0 Å². The lowest BCUT2D eigenvalue weighted by Crippen LogP contribution is -2.34. The summed E-state index contributed by atoms with van der Waals surface area (Å²) in [5, 5.41) is 11.7. The van der Waals surface area contributed by atoms with Crippen LogP contribution in [0.1, 0.15) is 15.9 Å². The van der Waals surface area contributed by atoms with Crippen molar-refractivity contribution in [2.75, 3.05) is 20.3 Å². The molecule has 0 aliphatic rings. The minimum Gasteiger partial charge on any atom is -0.389 e. The van der Waals surface area contributed by atoms with Gasteiger partial charge in [0.2, 0.25) is 0 Å². The monoisotopic (exact) mass is 355 g/mol. The molecule has 0 aliphatic carbocycles. The van der Waals surface area contributed by atoms with Gasteiger partial charge in [0.15, 0.2) is 0 Å². The lowest BCUT2D eigenvalue weighted by atomic mass is 10.1. The number of amides is 1. The van der Waals surface area contributed by atoms with E-state index < -0.39 is 23.8 Å². The first-order valence-electron chi connectivity index (χ1n) is 5.57. The number of ether oxygens (including phenoxy) is 1. The molecule has 1 unspecified atom stereocenters. The normalized spacial score (nSPS) is 13.1. The maximum Gasteiger partial charge on any atom is 0.417 e. The highest BCUT2D eigenvalue weighted by Crippen LogP contribution is 2.35. The molecule has 1 amide bonds. The van der Waals surface area contributed by atoms with Gasteiger partial charge in [-0.05, 0) is 18.2 Å². The third-order valence-corrected chi connectivity index (χ3v) is 3.08. The summed E-state index contributed by atoms with van der Waals surface area (Å²) in [7, 11) is 1.38. The van der Waals surface area contributed by atoms with Crippen LogP contribution in [0.15, 0.2) is 22.7 Å². The van der Waals surface area contributed by atoms with Gasteiger partial charge in [-0.15, -0.1) is 0 Å². The molecule has 0 saturated carbocycles. The zero-order valence-corrected chi connectivity index (χ0v) is 12.1. The number of benzene rings is 1. The van der Waals surface area contributed by atoms with Crippen molar-refractivity contribution < 1.29 is 27.8 Å². The highest BCUT2D eigenvalue weighted by molar-refractivity contribution is 9.10. The van der Waals surface area contributed by atoms with Crippen molar-refractivity contribution in [3.8, 4) is 0 Å². The van der Waals surface area contributed by atoms with Gasteiger partial charge in [-0.2, -0.15) is 13.2 Å². The van der Waals surface area contributed by atoms with Crippen LogP contribution in [0, 0.1) is 0 Å².